The molecule has 1 aromatic rings. The van der Waals surface area contributed by atoms with Gasteiger partial charge in [-0.25, -0.2) is 0 Å². The van der Waals surface area contributed by atoms with E-state index in [4.69, 9.17) is 11.5 Å². The predicted octanol–water partition coefficient (Wildman–Crippen LogP) is 3.39. The Bertz CT molecular complexity index is 432. The van der Waals surface area contributed by atoms with Crippen molar-refractivity contribution in [2.24, 2.45) is 23.7 Å². The molecule has 0 aromatic heterocycles. The maximum absolute atomic E-state index is 6.22. The summed E-state index contributed by atoms with van der Waals surface area (Å²) in [4.78, 5) is 0. The Morgan fingerprint density at radius 1 is 0.778 bits per heavy atom. The Morgan fingerprint density at radius 3 is 1.78 bits per heavy atom. The van der Waals surface area contributed by atoms with E-state index < -0.39 is 0 Å². The van der Waals surface area contributed by atoms with E-state index in [0.29, 0.717) is 5.92 Å². The highest BCUT2D eigenvalue weighted by atomic mass is 14.7. The number of nitrogens with two attached hydrogens (primary N) is 2. The lowest BCUT2D eigenvalue weighted by molar-refractivity contribution is -0.00232. The highest BCUT2D eigenvalue weighted by molar-refractivity contribution is 5.63. The van der Waals surface area contributed by atoms with Crippen molar-refractivity contribution < 1.29 is 0 Å². The Labute approximate surface area is 109 Å². The molecule has 4 aliphatic carbocycles. The van der Waals surface area contributed by atoms with Gasteiger partial charge in [-0.2, -0.15) is 0 Å². The minimum Gasteiger partial charge on any atom is -0.398 e. The van der Waals surface area contributed by atoms with E-state index in [0.717, 1.165) is 35.0 Å². The monoisotopic (exact) mass is 242 g/mol. The first-order chi connectivity index (χ1) is 8.72. The highest BCUT2D eigenvalue weighted by Crippen LogP contribution is 2.61. The second-order valence-corrected chi connectivity index (χ2v) is 6.81. The summed E-state index contributed by atoms with van der Waals surface area (Å²) in [6, 6.07) is 6.03. The van der Waals surface area contributed by atoms with Crippen molar-refractivity contribution in [1.29, 1.82) is 0 Å². The van der Waals surface area contributed by atoms with Gasteiger partial charge in [-0.05, 0) is 73.8 Å². The number of hydrogen-bond donors (Lipinski definition) is 2. The van der Waals surface area contributed by atoms with E-state index >= 15 is 0 Å². The quantitative estimate of drug-likeness (QED) is 0.742. The van der Waals surface area contributed by atoms with Crippen molar-refractivity contribution in [3.8, 4) is 0 Å². The van der Waals surface area contributed by atoms with Crippen LogP contribution in [0.1, 0.15) is 43.6 Å². The van der Waals surface area contributed by atoms with Gasteiger partial charge in [-0.15, -0.1) is 0 Å². The molecule has 0 spiro atoms. The zero-order chi connectivity index (χ0) is 12.3. The van der Waals surface area contributed by atoms with Crippen molar-refractivity contribution in [1.82, 2.24) is 0 Å². The van der Waals surface area contributed by atoms with Crippen molar-refractivity contribution in [3.63, 3.8) is 0 Å². The van der Waals surface area contributed by atoms with Crippen molar-refractivity contribution in [3.05, 3.63) is 23.8 Å². The molecule has 0 aliphatic heterocycles. The van der Waals surface area contributed by atoms with Gasteiger partial charge in [-0.1, -0.05) is 6.07 Å². The van der Waals surface area contributed by atoms with Crippen LogP contribution in [0.4, 0.5) is 11.4 Å². The molecule has 96 valence electrons. The molecule has 0 heterocycles. The third-order valence-electron chi connectivity index (χ3n) is 5.73. The Hall–Kier alpha value is -1.18. The maximum Gasteiger partial charge on any atom is 0.0370 e. The summed E-state index contributed by atoms with van der Waals surface area (Å²) < 4.78 is 0. The molecule has 0 saturated heterocycles. The third kappa shape index (κ3) is 1.41. The molecule has 0 radical (unpaired) electrons. The van der Waals surface area contributed by atoms with Gasteiger partial charge in [-0.3, -0.25) is 0 Å². The van der Waals surface area contributed by atoms with Gasteiger partial charge in [0.15, 0.2) is 0 Å². The molecule has 1 aromatic carbocycles. The fraction of sp³-hybridized carbons (Fsp3) is 0.625. The Morgan fingerprint density at radius 2 is 1.28 bits per heavy atom. The summed E-state index contributed by atoms with van der Waals surface area (Å²) in [6.45, 7) is 0. The van der Waals surface area contributed by atoms with Gasteiger partial charge in [0, 0.05) is 16.9 Å². The molecular formula is C16H22N2. The molecule has 4 saturated carbocycles. The van der Waals surface area contributed by atoms with Crippen LogP contribution in [0.3, 0.4) is 0 Å². The average molecular weight is 242 g/mol. The number of rotatable bonds is 1. The zero-order valence-electron chi connectivity index (χ0n) is 10.8. The fourth-order valence-electron chi connectivity index (χ4n) is 5.38. The highest BCUT2D eigenvalue weighted by Gasteiger charge is 2.49. The Kier molecular flexibility index (Phi) is 2.18. The number of benzene rings is 1. The number of anilines is 2. The molecule has 18 heavy (non-hydrogen) atoms. The fourth-order valence-corrected chi connectivity index (χ4v) is 5.38. The van der Waals surface area contributed by atoms with Crippen LogP contribution in [-0.4, -0.2) is 0 Å². The van der Waals surface area contributed by atoms with Crippen LogP contribution in [0, 0.1) is 23.7 Å². The summed E-state index contributed by atoms with van der Waals surface area (Å²) in [7, 11) is 0. The van der Waals surface area contributed by atoms with Crippen LogP contribution in [0.5, 0.6) is 0 Å². The van der Waals surface area contributed by atoms with Crippen molar-refractivity contribution >= 4 is 11.4 Å². The maximum atomic E-state index is 6.22. The minimum absolute atomic E-state index is 0.652. The van der Waals surface area contributed by atoms with Gasteiger partial charge in [0.05, 0.1) is 0 Å². The molecule has 4 aliphatic rings. The molecule has 0 amide bonds. The standard InChI is InChI=1S/C16H22N2/c17-13-2-1-3-14(18)16(13)15-11-5-9-4-10(7-11)8-12(15)6-9/h1-3,9-12,15H,4-8,17-18H2. The first-order valence-corrected chi connectivity index (χ1v) is 7.36. The van der Waals surface area contributed by atoms with E-state index in [-0.39, 0.29) is 0 Å². The van der Waals surface area contributed by atoms with Crippen molar-refractivity contribution in [2.75, 3.05) is 11.5 Å². The molecular weight excluding hydrogens is 220 g/mol. The average Bonchev–Trinajstić information content (AvgIpc) is 2.31. The van der Waals surface area contributed by atoms with Gasteiger partial charge in [0.1, 0.15) is 0 Å². The third-order valence-corrected chi connectivity index (χ3v) is 5.73. The van der Waals surface area contributed by atoms with E-state index in [9.17, 15) is 0 Å². The molecule has 2 heteroatoms. The smallest absolute Gasteiger partial charge is 0.0370 e. The van der Waals surface area contributed by atoms with E-state index in [2.05, 4.69) is 0 Å². The summed E-state index contributed by atoms with van der Waals surface area (Å²) >= 11 is 0. The Balaban J connectivity index is 1.77. The summed E-state index contributed by atoms with van der Waals surface area (Å²) in [5.41, 5.74) is 15.6. The predicted molar refractivity (Wildman–Crippen MR) is 75.1 cm³/mol. The van der Waals surface area contributed by atoms with Gasteiger partial charge in [0.2, 0.25) is 0 Å². The second-order valence-electron chi connectivity index (χ2n) is 6.81. The lowest BCUT2D eigenvalue weighted by Crippen LogP contribution is -2.44. The van der Waals surface area contributed by atoms with Gasteiger partial charge >= 0.3 is 0 Å². The first-order valence-electron chi connectivity index (χ1n) is 7.36. The van der Waals surface area contributed by atoms with Crippen LogP contribution in [0.25, 0.3) is 0 Å². The summed E-state index contributed by atoms with van der Waals surface area (Å²) in [6.07, 6.45) is 7.19. The normalized spacial score (nSPS) is 41.2. The zero-order valence-corrected chi connectivity index (χ0v) is 10.8. The molecule has 0 atom stereocenters. The molecule has 2 nitrogen and oxygen atoms in total. The van der Waals surface area contributed by atoms with E-state index in [1.54, 1.807) is 0 Å². The SMILES string of the molecule is Nc1cccc(N)c1C1C2CC3CC(C2)CC1C3. The molecule has 0 unspecified atom stereocenters. The van der Waals surface area contributed by atoms with Crippen LogP contribution in [-0.2, 0) is 0 Å². The van der Waals surface area contributed by atoms with Gasteiger partial charge in [0.25, 0.3) is 0 Å². The van der Waals surface area contributed by atoms with Crippen molar-refractivity contribution in [2.45, 2.75) is 38.0 Å². The van der Waals surface area contributed by atoms with Crippen LogP contribution >= 0.6 is 0 Å². The van der Waals surface area contributed by atoms with Crippen LogP contribution < -0.4 is 11.5 Å². The second kappa shape index (κ2) is 3.66. The topological polar surface area (TPSA) is 52.0 Å². The largest absolute Gasteiger partial charge is 0.398 e. The molecule has 4 fully saturated rings. The molecule has 4 N–H and O–H groups in total. The van der Waals surface area contributed by atoms with E-state index in [1.165, 1.54) is 37.7 Å². The van der Waals surface area contributed by atoms with Crippen LogP contribution in [0.2, 0.25) is 0 Å². The lowest BCUT2D eigenvalue weighted by atomic mass is 9.50. The lowest BCUT2D eigenvalue weighted by Gasteiger charge is -2.55. The van der Waals surface area contributed by atoms with Gasteiger partial charge < -0.3 is 11.5 Å². The molecule has 4 bridgehead atoms. The minimum atomic E-state index is 0.652. The first kappa shape index (κ1) is 10.7. The van der Waals surface area contributed by atoms with Crippen LogP contribution in [0.15, 0.2) is 18.2 Å². The molecule has 5 rings (SSSR count). The van der Waals surface area contributed by atoms with E-state index in [1.807, 2.05) is 18.2 Å². The number of hydrogen-bond acceptors (Lipinski definition) is 2. The summed E-state index contributed by atoms with van der Waals surface area (Å²) in [5, 5.41) is 0. The number of nitrogen functional groups attached to an aromatic ring is 2. The summed E-state index contributed by atoms with van der Waals surface area (Å²) in [5.74, 6) is 4.38.